The van der Waals surface area contributed by atoms with Crippen LogP contribution >= 0.6 is 0 Å². The van der Waals surface area contributed by atoms with Crippen LogP contribution < -0.4 is 5.32 Å². The molecule has 0 amide bonds. The lowest BCUT2D eigenvalue weighted by atomic mass is 9.69. The van der Waals surface area contributed by atoms with E-state index in [2.05, 4.69) is 11.4 Å². The van der Waals surface area contributed by atoms with Crippen LogP contribution in [0.15, 0.2) is 0 Å². The van der Waals surface area contributed by atoms with Crippen molar-refractivity contribution in [2.24, 2.45) is 5.92 Å². The van der Waals surface area contributed by atoms with Gasteiger partial charge in [-0.3, -0.25) is 10.1 Å². The third-order valence-corrected chi connectivity index (χ3v) is 3.45. The third-order valence-electron chi connectivity index (χ3n) is 3.45. The number of rotatable bonds is 4. The van der Waals surface area contributed by atoms with E-state index in [0.717, 1.165) is 19.4 Å². The van der Waals surface area contributed by atoms with Gasteiger partial charge in [0.25, 0.3) is 0 Å². The number of carboxylic acid groups (broad SMARTS) is 1. The minimum atomic E-state index is -0.801. The molecular weight excluding hydrogens is 208 g/mol. The van der Waals surface area contributed by atoms with Crippen LogP contribution in [-0.4, -0.2) is 35.9 Å². The summed E-state index contributed by atoms with van der Waals surface area (Å²) >= 11 is 0. The molecule has 5 heteroatoms. The summed E-state index contributed by atoms with van der Waals surface area (Å²) < 4.78 is 5.45. The van der Waals surface area contributed by atoms with Gasteiger partial charge in [-0.05, 0) is 25.7 Å². The number of hydrogen-bond donors (Lipinski definition) is 2. The summed E-state index contributed by atoms with van der Waals surface area (Å²) in [7, 11) is 0. The van der Waals surface area contributed by atoms with Crippen LogP contribution in [0, 0.1) is 17.2 Å². The summed E-state index contributed by atoms with van der Waals surface area (Å²) in [6.07, 6.45) is 3.10. The Morgan fingerprint density at radius 1 is 1.62 bits per heavy atom. The molecule has 0 spiro atoms. The quantitative estimate of drug-likeness (QED) is 0.727. The number of nitrogens with zero attached hydrogens (tertiary/aromatic N) is 1. The van der Waals surface area contributed by atoms with E-state index in [1.807, 2.05) is 0 Å². The van der Waals surface area contributed by atoms with Crippen LogP contribution in [0.5, 0.6) is 0 Å². The second-order valence-electron chi connectivity index (χ2n) is 4.65. The molecule has 5 nitrogen and oxygen atoms in total. The smallest absolute Gasteiger partial charge is 0.306 e. The van der Waals surface area contributed by atoms with Crippen molar-refractivity contribution < 1.29 is 14.6 Å². The molecule has 1 heterocycles. The summed E-state index contributed by atoms with van der Waals surface area (Å²) in [6, 6.07) is 2.19. The number of nitrogens with one attached hydrogen (secondary N) is 1. The Labute approximate surface area is 94.4 Å². The van der Waals surface area contributed by atoms with Crippen molar-refractivity contribution >= 4 is 5.97 Å². The van der Waals surface area contributed by atoms with Gasteiger partial charge in [0.1, 0.15) is 5.54 Å². The summed E-state index contributed by atoms with van der Waals surface area (Å²) in [6.45, 7) is 1.45. The Morgan fingerprint density at radius 3 is 2.88 bits per heavy atom. The second kappa shape index (κ2) is 4.40. The van der Waals surface area contributed by atoms with E-state index in [0.29, 0.717) is 19.4 Å². The number of aliphatic carboxylic acids is 1. The molecule has 1 saturated carbocycles. The number of hydrogen-bond acceptors (Lipinski definition) is 4. The first-order valence-corrected chi connectivity index (χ1v) is 5.66. The van der Waals surface area contributed by atoms with E-state index in [4.69, 9.17) is 15.1 Å². The zero-order valence-corrected chi connectivity index (χ0v) is 9.11. The highest BCUT2D eigenvalue weighted by atomic mass is 16.5. The molecule has 0 radical (unpaired) electrons. The van der Waals surface area contributed by atoms with E-state index in [1.54, 1.807) is 0 Å². The van der Waals surface area contributed by atoms with Crippen molar-refractivity contribution in [3.8, 4) is 6.07 Å². The van der Waals surface area contributed by atoms with E-state index < -0.39 is 11.5 Å². The molecule has 1 aliphatic carbocycles. The Kier molecular flexibility index (Phi) is 3.13. The number of carbonyl (C=O) groups is 1. The van der Waals surface area contributed by atoms with E-state index in [-0.39, 0.29) is 12.0 Å². The first-order valence-electron chi connectivity index (χ1n) is 5.66. The molecular formula is C11H16N2O3. The highest BCUT2D eigenvalue weighted by Gasteiger charge is 2.48. The number of carboxylic acids is 1. The van der Waals surface area contributed by atoms with Gasteiger partial charge in [-0.15, -0.1) is 0 Å². The van der Waals surface area contributed by atoms with E-state index in [1.165, 1.54) is 0 Å². The molecule has 0 aromatic carbocycles. The molecule has 1 atom stereocenters. The van der Waals surface area contributed by atoms with E-state index >= 15 is 0 Å². The molecule has 88 valence electrons. The van der Waals surface area contributed by atoms with Crippen molar-refractivity contribution in [3.63, 3.8) is 0 Å². The van der Waals surface area contributed by atoms with Gasteiger partial charge in [-0.2, -0.15) is 5.26 Å². The van der Waals surface area contributed by atoms with Gasteiger partial charge in [0.15, 0.2) is 0 Å². The fourth-order valence-corrected chi connectivity index (χ4v) is 2.35. The lowest BCUT2D eigenvalue weighted by molar-refractivity contribution is -0.146. The Balaban J connectivity index is 1.79. The van der Waals surface area contributed by atoms with Crippen LogP contribution in [-0.2, 0) is 9.53 Å². The minimum absolute atomic E-state index is 0.189. The molecule has 16 heavy (non-hydrogen) atoms. The highest BCUT2D eigenvalue weighted by molar-refractivity contribution is 5.72. The molecule has 2 fully saturated rings. The standard InChI is InChI=1S/C11H16N2O3/c12-7-11(4-8(5-11)10(14)15)13-6-9-2-1-3-16-9/h8-9,13H,1-6H2,(H,14,15). The maximum absolute atomic E-state index is 10.7. The molecule has 1 saturated heterocycles. The molecule has 2 N–H and O–H groups in total. The average Bonchev–Trinajstić information content (AvgIpc) is 2.69. The number of ether oxygens (including phenoxy) is 1. The molecule has 2 rings (SSSR count). The van der Waals surface area contributed by atoms with Gasteiger partial charge in [0.2, 0.25) is 0 Å². The molecule has 1 aliphatic heterocycles. The molecule has 0 aromatic heterocycles. The summed E-state index contributed by atoms with van der Waals surface area (Å²) in [5.74, 6) is -1.17. The van der Waals surface area contributed by atoms with E-state index in [9.17, 15) is 4.79 Å². The van der Waals surface area contributed by atoms with Crippen LogP contribution in [0.1, 0.15) is 25.7 Å². The predicted molar refractivity (Wildman–Crippen MR) is 55.7 cm³/mol. The summed E-state index contributed by atoms with van der Waals surface area (Å²) in [5.41, 5.74) is -0.630. The maximum atomic E-state index is 10.7. The Hall–Kier alpha value is -1.12. The lowest BCUT2D eigenvalue weighted by Crippen LogP contribution is -2.57. The SMILES string of the molecule is N#CC1(NCC2CCCO2)CC(C(=O)O)C1. The first-order chi connectivity index (χ1) is 7.65. The van der Waals surface area contributed by atoms with Crippen LogP contribution in [0.3, 0.4) is 0 Å². The van der Waals surface area contributed by atoms with Gasteiger partial charge in [0.05, 0.1) is 18.1 Å². The highest BCUT2D eigenvalue weighted by Crippen LogP contribution is 2.37. The normalized spacial score (nSPS) is 37.7. The zero-order chi connectivity index (χ0) is 11.6. The van der Waals surface area contributed by atoms with Crippen LogP contribution in [0.4, 0.5) is 0 Å². The topological polar surface area (TPSA) is 82.3 Å². The monoisotopic (exact) mass is 224 g/mol. The van der Waals surface area contributed by atoms with Gasteiger partial charge in [0, 0.05) is 13.2 Å². The molecule has 1 unspecified atom stereocenters. The fraction of sp³-hybridized carbons (Fsp3) is 0.818. The van der Waals surface area contributed by atoms with Crippen molar-refractivity contribution in [2.75, 3.05) is 13.2 Å². The van der Waals surface area contributed by atoms with Crippen molar-refractivity contribution in [3.05, 3.63) is 0 Å². The predicted octanol–water partition coefficient (Wildman–Crippen LogP) is 0.512. The van der Waals surface area contributed by atoms with Crippen molar-refractivity contribution in [1.82, 2.24) is 5.32 Å². The molecule has 2 aliphatic rings. The van der Waals surface area contributed by atoms with Gasteiger partial charge in [-0.1, -0.05) is 0 Å². The van der Waals surface area contributed by atoms with Gasteiger partial charge >= 0.3 is 5.97 Å². The lowest BCUT2D eigenvalue weighted by Gasteiger charge is -2.41. The fourth-order valence-electron chi connectivity index (χ4n) is 2.35. The Morgan fingerprint density at radius 2 is 2.38 bits per heavy atom. The van der Waals surface area contributed by atoms with Gasteiger partial charge in [-0.25, -0.2) is 0 Å². The zero-order valence-electron chi connectivity index (χ0n) is 9.11. The molecule has 0 bridgehead atoms. The Bertz CT molecular complexity index is 312. The van der Waals surface area contributed by atoms with Crippen LogP contribution in [0.25, 0.3) is 0 Å². The minimum Gasteiger partial charge on any atom is -0.481 e. The van der Waals surface area contributed by atoms with Crippen molar-refractivity contribution in [1.29, 1.82) is 5.26 Å². The maximum Gasteiger partial charge on any atom is 0.306 e. The average molecular weight is 224 g/mol. The van der Waals surface area contributed by atoms with Gasteiger partial charge < -0.3 is 9.84 Å². The van der Waals surface area contributed by atoms with Crippen molar-refractivity contribution in [2.45, 2.75) is 37.3 Å². The molecule has 0 aromatic rings. The van der Waals surface area contributed by atoms with Crippen LogP contribution in [0.2, 0.25) is 0 Å². The third kappa shape index (κ3) is 2.18. The summed E-state index contributed by atoms with van der Waals surface area (Å²) in [5, 5.41) is 21.0. The summed E-state index contributed by atoms with van der Waals surface area (Å²) in [4.78, 5) is 10.7. The largest absolute Gasteiger partial charge is 0.481 e. The number of nitriles is 1. The second-order valence-corrected chi connectivity index (χ2v) is 4.65. The first kappa shape index (κ1) is 11.4.